The van der Waals surface area contributed by atoms with E-state index in [9.17, 15) is 9.18 Å². The number of alkyl halides is 3. The predicted molar refractivity (Wildman–Crippen MR) is 111 cm³/mol. The van der Waals surface area contributed by atoms with Crippen LogP contribution in [0.15, 0.2) is 53.0 Å². The van der Waals surface area contributed by atoms with E-state index in [0.29, 0.717) is 11.3 Å². The van der Waals surface area contributed by atoms with Crippen LogP contribution in [0, 0.1) is 5.82 Å². The summed E-state index contributed by atoms with van der Waals surface area (Å²) in [7, 11) is 0. The Kier molecular flexibility index (Phi) is 7.49. The smallest absolute Gasteiger partial charge is 0.252 e. The zero-order chi connectivity index (χ0) is 19.3. The fraction of sp³-hybridized carbons (Fsp3) is 0.125. The quantitative estimate of drug-likeness (QED) is 0.315. The van der Waals surface area contributed by atoms with Gasteiger partial charge >= 0.3 is 0 Å². The molecule has 0 aliphatic heterocycles. The van der Waals surface area contributed by atoms with Crippen LogP contribution >= 0.6 is 63.0 Å². The van der Waals surface area contributed by atoms with E-state index in [4.69, 9.17) is 47.0 Å². The lowest BCUT2D eigenvalue weighted by atomic mass is 10.2. The second kappa shape index (κ2) is 9.19. The lowest BCUT2D eigenvalue weighted by Crippen LogP contribution is -2.56. The van der Waals surface area contributed by atoms with E-state index in [1.807, 2.05) is 0 Å². The highest BCUT2D eigenvalue weighted by molar-refractivity contribution is 9.10. The number of rotatable bonds is 4. The van der Waals surface area contributed by atoms with Crippen molar-refractivity contribution in [2.24, 2.45) is 0 Å². The van der Waals surface area contributed by atoms with Crippen LogP contribution in [0.1, 0.15) is 10.4 Å². The van der Waals surface area contributed by atoms with Crippen LogP contribution in [0.3, 0.4) is 0 Å². The molecule has 2 aromatic rings. The van der Waals surface area contributed by atoms with Gasteiger partial charge in [-0.1, -0.05) is 50.7 Å². The van der Waals surface area contributed by atoms with Gasteiger partial charge in [0.2, 0.25) is 3.79 Å². The second-order valence-electron chi connectivity index (χ2n) is 5.06. The third-order valence-corrected chi connectivity index (χ3v) is 4.49. The van der Waals surface area contributed by atoms with Crippen LogP contribution < -0.4 is 16.0 Å². The molecule has 0 radical (unpaired) electrons. The Morgan fingerprint density at radius 1 is 1.04 bits per heavy atom. The molecule has 26 heavy (non-hydrogen) atoms. The van der Waals surface area contributed by atoms with Gasteiger partial charge in [0.25, 0.3) is 5.91 Å². The molecule has 0 fully saturated rings. The number of benzene rings is 2. The number of carbonyl (C=O) groups excluding carboxylic acids is 1. The monoisotopic (exact) mass is 497 g/mol. The molecule has 2 rings (SSSR count). The minimum atomic E-state index is -1.88. The fourth-order valence-corrected chi connectivity index (χ4v) is 2.67. The summed E-state index contributed by atoms with van der Waals surface area (Å²) in [5, 5.41) is 8.19. The van der Waals surface area contributed by atoms with Crippen molar-refractivity contribution in [1.82, 2.24) is 10.6 Å². The van der Waals surface area contributed by atoms with Gasteiger partial charge in [-0.25, -0.2) is 4.39 Å². The largest absolute Gasteiger partial charge is 0.339 e. The maximum absolute atomic E-state index is 12.9. The molecule has 1 amide bonds. The van der Waals surface area contributed by atoms with Gasteiger partial charge in [0.15, 0.2) is 5.11 Å². The molecule has 10 heteroatoms. The molecule has 0 unspecified atom stereocenters. The minimum Gasteiger partial charge on any atom is -0.339 e. The maximum Gasteiger partial charge on any atom is 0.252 e. The number of carbonyl (C=O) groups is 1. The van der Waals surface area contributed by atoms with Gasteiger partial charge in [-0.3, -0.25) is 4.79 Å². The Bertz CT molecular complexity index is 785. The number of hydrogen-bond acceptors (Lipinski definition) is 2. The molecule has 0 aliphatic rings. The summed E-state index contributed by atoms with van der Waals surface area (Å²) >= 11 is 26.2. The molecule has 0 aliphatic carbocycles. The topological polar surface area (TPSA) is 53.2 Å². The minimum absolute atomic E-state index is 0.0871. The van der Waals surface area contributed by atoms with E-state index >= 15 is 0 Å². The van der Waals surface area contributed by atoms with Crippen molar-refractivity contribution >= 4 is 79.7 Å². The Labute approximate surface area is 178 Å². The molecule has 0 saturated carbocycles. The number of hydrogen-bond donors (Lipinski definition) is 3. The van der Waals surface area contributed by atoms with Crippen molar-refractivity contribution in [1.29, 1.82) is 0 Å². The number of nitrogens with one attached hydrogen (secondary N) is 3. The summed E-state index contributed by atoms with van der Waals surface area (Å²) in [5.74, 6) is -0.832. The van der Waals surface area contributed by atoms with E-state index in [-0.39, 0.29) is 10.9 Å². The lowest BCUT2D eigenvalue weighted by Gasteiger charge is -2.27. The average molecular weight is 500 g/mol. The molecule has 0 bridgehead atoms. The third kappa shape index (κ3) is 6.55. The molecule has 0 saturated heterocycles. The van der Waals surface area contributed by atoms with E-state index in [1.54, 1.807) is 24.3 Å². The first-order valence-electron chi connectivity index (χ1n) is 7.11. The summed E-state index contributed by atoms with van der Waals surface area (Å²) < 4.78 is 11.9. The molecule has 138 valence electrons. The first kappa shape index (κ1) is 21.2. The molecular formula is C16H12BrCl3FN3OS. The Balaban J connectivity index is 2.04. The van der Waals surface area contributed by atoms with Crippen LogP contribution in [-0.4, -0.2) is 21.0 Å². The van der Waals surface area contributed by atoms with Gasteiger partial charge in [-0.2, -0.15) is 0 Å². The van der Waals surface area contributed by atoms with Crippen LogP contribution in [-0.2, 0) is 0 Å². The van der Waals surface area contributed by atoms with Crippen molar-refractivity contribution in [3.05, 3.63) is 64.4 Å². The first-order chi connectivity index (χ1) is 12.1. The Morgan fingerprint density at radius 3 is 2.15 bits per heavy atom. The molecule has 4 nitrogen and oxygen atoms in total. The predicted octanol–water partition coefficient (Wildman–Crippen LogP) is 5.00. The van der Waals surface area contributed by atoms with E-state index in [2.05, 4.69) is 31.9 Å². The van der Waals surface area contributed by atoms with Crippen molar-refractivity contribution in [3.63, 3.8) is 0 Å². The van der Waals surface area contributed by atoms with Crippen LogP contribution in [0.5, 0.6) is 0 Å². The normalized spacial score (nSPS) is 12.2. The Morgan fingerprint density at radius 2 is 1.62 bits per heavy atom. The number of halogens is 5. The molecule has 0 heterocycles. The number of thiocarbonyl (C=S) groups is 1. The summed E-state index contributed by atoms with van der Waals surface area (Å²) in [5.41, 5.74) is 0.915. The number of anilines is 1. The highest BCUT2D eigenvalue weighted by Gasteiger charge is 2.34. The Hall–Kier alpha value is -1.12. The zero-order valence-electron chi connectivity index (χ0n) is 12.9. The van der Waals surface area contributed by atoms with Gasteiger partial charge in [-0.15, -0.1) is 0 Å². The lowest BCUT2D eigenvalue weighted by molar-refractivity contribution is 0.0934. The average Bonchev–Trinajstić information content (AvgIpc) is 2.56. The summed E-state index contributed by atoms with van der Waals surface area (Å²) in [6, 6.07) is 12.2. The number of amides is 1. The molecule has 1 atom stereocenters. The van der Waals surface area contributed by atoms with Crippen LogP contribution in [0.25, 0.3) is 0 Å². The molecule has 2 aromatic carbocycles. The summed E-state index contributed by atoms with van der Waals surface area (Å²) in [6.07, 6.45) is -1.11. The molecule has 0 aromatic heterocycles. The zero-order valence-corrected chi connectivity index (χ0v) is 17.6. The molecule has 3 N–H and O–H groups in total. The van der Waals surface area contributed by atoms with Gasteiger partial charge in [0.05, 0.1) is 0 Å². The van der Waals surface area contributed by atoms with Crippen molar-refractivity contribution < 1.29 is 9.18 Å². The summed E-state index contributed by atoms with van der Waals surface area (Å²) in [6.45, 7) is 0. The molecule has 0 spiro atoms. The van der Waals surface area contributed by atoms with E-state index < -0.39 is 15.9 Å². The standard InChI is InChI=1S/C16H12BrCl3FN3OS/c17-10-3-1-9(2-4-10)13(25)23-14(16(18,19)20)24-15(26)22-12-7-5-11(21)6-8-12/h1-8,14H,(H,23,25)(H2,22,24,26)/t14-/m1/s1. The first-order valence-corrected chi connectivity index (χ1v) is 9.45. The SMILES string of the molecule is O=C(N[C@H](NC(=S)Nc1ccc(F)cc1)C(Cl)(Cl)Cl)c1ccc(Br)cc1. The van der Waals surface area contributed by atoms with Gasteiger partial charge < -0.3 is 16.0 Å². The third-order valence-electron chi connectivity index (χ3n) is 3.09. The van der Waals surface area contributed by atoms with E-state index in [0.717, 1.165) is 4.47 Å². The maximum atomic E-state index is 12.9. The van der Waals surface area contributed by atoms with Crippen molar-refractivity contribution in [2.75, 3.05) is 5.32 Å². The summed E-state index contributed by atoms with van der Waals surface area (Å²) in [4.78, 5) is 12.3. The van der Waals surface area contributed by atoms with Crippen molar-refractivity contribution in [3.8, 4) is 0 Å². The van der Waals surface area contributed by atoms with E-state index in [1.165, 1.54) is 24.3 Å². The van der Waals surface area contributed by atoms with Gasteiger partial charge in [0.1, 0.15) is 12.0 Å². The van der Waals surface area contributed by atoms with Crippen molar-refractivity contribution in [2.45, 2.75) is 9.96 Å². The van der Waals surface area contributed by atoms with Gasteiger partial charge in [0, 0.05) is 15.7 Å². The highest BCUT2D eigenvalue weighted by atomic mass is 79.9. The highest BCUT2D eigenvalue weighted by Crippen LogP contribution is 2.29. The fourth-order valence-electron chi connectivity index (χ4n) is 1.85. The second-order valence-corrected chi connectivity index (χ2v) is 8.75. The molecular weight excluding hydrogens is 488 g/mol. The van der Waals surface area contributed by atoms with Crippen LogP contribution in [0.2, 0.25) is 0 Å². The van der Waals surface area contributed by atoms with Gasteiger partial charge in [-0.05, 0) is 60.7 Å². The van der Waals surface area contributed by atoms with Crippen LogP contribution in [0.4, 0.5) is 10.1 Å².